The van der Waals surface area contributed by atoms with Crippen LogP contribution in [-0.2, 0) is 4.74 Å². The number of rotatable bonds is 5. The number of halogens is 1. The van der Waals surface area contributed by atoms with Crippen molar-refractivity contribution in [2.75, 3.05) is 24.6 Å². The lowest BCUT2D eigenvalue weighted by atomic mass is 10.0. The van der Waals surface area contributed by atoms with Gasteiger partial charge in [0.05, 0.1) is 16.7 Å². The number of hydrogen-bond donors (Lipinski definition) is 2. The van der Waals surface area contributed by atoms with Crippen LogP contribution in [0.3, 0.4) is 0 Å². The summed E-state index contributed by atoms with van der Waals surface area (Å²) in [5, 5.41) is 12.5. The second-order valence-corrected chi connectivity index (χ2v) is 5.61. The molecule has 6 heteroatoms. The van der Waals surface area contributed by atoms with E-state index in [1.54, 1.807) is 6.07 Å². The fraction of sp³-hybridized carbons (Fsp3) is 0.533. The minimum absolute atomic E-state index is 0.0344. The van der Waals surface area contributed by atoms with Crippen molar-refractivity contribution in [3.05, 3.63) is 28.8 Å². The average Bonchev–Trinajstić information content (AvgIpc) is 2.52. The van der Waals surface area contributed by atoms with Crippen molar-refractivity contribution in [1.29, 1.82) is 0 Å². The summed E-state index contributed by atoms with van der Waals surface area (Å²) in [5.41, 5.74) is 7.25. The van der Waals surface area contributed by atoms with Crippen LogP contribution in [0.1, 0.15) is 31.7 Å². The summed E-state index contributed by atoms with van der Waals surface area (Å²) in [6, 6.07) is 5.57. The van der Waals surface area contributed by atoms with E-state index in [2.05, 4.69) is 17.0 Å². The van der Waals surface area contributed by atoms with E-state index in [0.717, 1.165) is 44.6 Å². The number of nitrogens with two attached hydrogens (primary N) is 1. The molecule has 116 valence electrons. The van der Waals surface area contributed by atoms with Gasteiger partial charge in [-0.1, -0.05) is 29.7 Å². The van der Waals surface area contributed by atoms with Crippen LogP contribution in [0, 0.1) is 0 Å². The second kappa shape index (κ2) is 7.52. The third-order valence-electron chi connectivity index (χ3n) is 3.63. The molecule has 3 N–H and O–H groups in total. The van der Waals surface area contributed by atoms with Crippen LogP contribution in [0.4, 0.5) is 5.69 Å². The highest BCUT2D eigenvalue weighted by Gasteiger charge is 2.24. The second-order valence-electron chi connectivity index (χ2n) is 5.20. The number of amidine groups is 1. The van der Waals surface area contributed by atoms with E-state index in [1.807, 2.05) is 12.1 Å². The van der Waals surface area contributed by atoms with Crippen LogP contribution >= 0.6 is 11.6 Å². The fourth-order valence-corrected chi connectivity index (χ4v) is 2.92. The summed E-state index contributed by atoms with van der Waals surface area (Å²) in [5.74, 6) is 0.0344. The zero-order valence-corrected chi connectivity index (χ0v) is 13.0. The summed E-state index contributed by atoms with van der Waals surface area (Å²) >= 11 is 6.21. The Hall–Kier alpha value is -1.46. The van der Waals surface area contributed by atoms with Crippen molar-refractivity contribution in [3.63, 3.8) is 0 Å². The Morgan fingerprint density at radius 3 is 3.10 bits per heavy atom. The van der Waals surface area contributed by atoms with Crippen molar-refractivity contribution in [1.82, 2.24) is 0 Å². The molecule has 1 unspecified atom stereocenters. The quantitative estimate of drug-likeness (QED) is 0.380. The summed E-state index contributed by atoms with van der Waals surface area (Å²) in [6.07, 6.45) is 3.35. The van der Waals surface area contributed by atoms with Gasteiger partial charge < -0.3 is 20.6 Å². The molecule has 0 aliphatic carbocycles. The zero-order valence-electron chi connectivity index (χ0n) is 12.3. The standard InChI is InChI=1S/C15H22ClN3O2/c1-2-9-21-11-5-4-8-19(10-11)13-7-3-6-12(16)14(13)15(17)18-20/h3,6-7,11,20H,2,4-5,8-10H2,1H3,(H2,17,18). The smallest absolute Gasteiger partial charge is 0.173 e. The molecule has 0 radical (unpaired) electrons. The predicted octanol–water partition coefficient (Wildman–Crippen LogP) is 2.83. The lowest BCUT2D eigenvalue weighted by Crippen LogP contribution is -2.40. The number of oxime groups is 1. The van der Waals surface area contributed by atoms with Crippen molar-refractivity contribution in [3.8, 4) is 0 Å². The maximum absolute atomic E-state index is 8.96. The van der Waals surface area contributed by atoms with Crippen LogP contribution in [-0.4, -0.2) is 36.8 Å². The van der Waals surface area contributed by atoms with Gasteiger partial charge in [-0.05, 0) is 31.4 Å². The monoisotopic (exact) mass is 311 g/mol. The van der Waals surface area contributed by atoms with Crippen LogP contribution in [0.5, 0.6) is 0 Å². The molecular weight excluding hydrogens is 290 g/mol. The van der Waals surface area contributed by atoms with Crippen molar-refractivity contribution in [2.45, 2.75) is 32.3 Å². The molecule has 1 aliphatic heterocycles. The van der Waals surface area contributed by atoms with E-state index >= 15 is 0 Å². The maximum atomic E-state index is 8.96. The molecule has 1 saturated heterocycles. The van der Waals surface area contributed by atoms with Crippen molar-refractivity contribution in [2.24, 2.45) is 10.9 Å². The molecule has 21 heavy (non-hydrogen) atoms. The van der Waals surface area contributed by atoms with Crippen LogP contribution in [0.25, 0.3) is 0 Å². The third-order valence-corrected chi connectivity index (χ3v) is 3.95. The Morgan fingerprint density at radius 1 is 1.57 bits per heavy atom. The van der Waals surface area contributed by atoms with Crippen LogP contribution in [0.15, 0.2) is 23.4 Å². The van der Waals surface area contributed by atoms with Crippen LogP contribution in [0.2, 0.25) is 5.02 Å². The van der Waals surface area contributed by atoms with Gasteiger partial charge in [0.25, 0.3) is 0 Å². The normalized spacial score (nSPS) is 19.8. The average molecular weight is 312 g/mol. The number of anilines is 1. The molecule has 0 amide bonds. The van der Waals surface area contributed by atoms with Crippen molar-refractivity contribution < 1.29 is 9.94 Å². The van der Waals surface area contributed by atoms with E-state index in [0.29, 0.717) is 10.6 Å². The first-order chi connectivity index (χ1) is 10.2. The van der Waals surface area contributed by atoms with Gasteiger partial charge in [-0.2, -0.15) is 0 Å². The molecule has 0 aromatic heterocycles. The molecule has 0 bridgehead atoms. The molecule has 1 heterocycles. The number of benzene rings is 1. The molecule has 1 aromatic carbocycles. The molecule has 1 aromatic rings. The van der Waals surface area contributed by atoms with Gasteiger partial charge in [0.1, 0.15) is 0 Å². The summed E-state index contributed by atoms with van der Waals surface area (Å²) in [6.45, 7) is 4.60. The SMILES string of the molecule is CCCOC1CCCN(c2cccc(Cl)c2C(N)=NO)C1. The fourth-order valence-electron chi connectivity index (χ4n) is 2.66. The van der Waals surface area contributed by atoms with E-state index in [4.69, 9.17) is 27.3 Å². The minimum Gasteiger partial charge on any atom is -0.409 e. The Morgan fingerprint density at radius 2 is 2.38 bits per heavy atom. The predicted molar refractivity (Wildman–Crippen MR) is 85.4 cm³/mol. The molecule has 1 atom stereocenters. The highest BCUT2D eigenvalue weighted by Crippen LogP contribution is 2.30. The van der Waals surface area contributed by atoms with E-state index in [9.17, 15) is 0 Å². The number of nitrogens with zero attached hydrogens (tertiary/aromatic N) is 2. The maximum Gasteiger partial charge on any atom is 0.173 e. The Bertz CT molecular complexity index is 508. The summed E-state index contributed by atoms with van der Waals surface area (Å²) in [4.78, 5) is 2.20. The topological polar surface area (TPSA) is 71.1 Å². The van der Waals surface area contributed by atoms with Gasteiger partial charge in [-0.25, -0.2) is 0 Å². The third kappa shape index (κ3) is 3.80. The lowest BCUT2D eigenvalue weighted by Gasteiger charge is -2.35. The van der Waals surface area contributed by atoms with Gasteiger partial charge in [-0.15, -0.1) is 0 Å². The largest absolute Gasteiger partial charge is 0.409 e. The zero-order chi connectivity index (χ0) is 15.2. The first-order valence-electron chi connectivity index (χ1n) is 7.30. The highest BCUT2D eigenvalue weighted by atomic mass is 35.5. The number of ether oxygens (including phenoxy) is 1. The number of hydrogen-bond acceptors (Lipinski definition) is 4. The minimum atomic E-state index is 0.0344. The molecule has 5 nitrogen and oxygen atoms in total. The van der Waals surface area contributed by atoms with E-state index < -0.39 is 0 Å². The van der Waals surface area contributed by atoms with Gasteiger partial charge in [0.2, 0.25) is 0 Å². The molecule has 0 saturated carbocycles. The molecular formula is C15H22ClN3O2. The molecule has 1 fully saturated rings. The molecule has 2 rings (SSSR count). The van der Waals surface area contributed by atoms with Gasteiger partial charge in [0.15, 0.2) is 5.84 Å². The summed E-state index contributed by atoms with van der Waals surface area (Å²) < 4.78 is 5.86. The van der Waals surface area contributed by atoms with Gasteiger partial charge in [-0.3, -0.25) is 0 Å². The van der Waals surface area contributed by atoms with Gasteiger partial charge >= 0.3 is 0 Å². The molecule has 1 aliphatic rings. The Balaban J connectivity index is 2.23. The highest BCUT2D eigenvalue weighted by molar-refractivity contribution is 6.34. The number of piperidine rings is 1. The first-order valence-corrected chi connectivity index (χ1v) is 7.68. The summed E-state index contributed by atoms with van der Waals surface area (Å²) in [7, 11) is 0. The Kier molecular flexibility index (Phi) is 5.70. The first kappa shape index (κ1) is 15.9. The van der Waals surface area contributed by atoms with E-state index in [-0.39, 0.29) is 11.9 Å². The lowest BCUT2D eigenvalue weighted by molar-refractivity contribution is 0.0440. The van der Waals surface area contributed by atoms with Gasteiger partial charge in [0, 0.05) is 25.4 Å². The van der Waals surface area contributed by atoms with Crippen LogP contribution < -0.4 is 10.6 Å². The molecule has 0 spiro atoms. The Labute approximate surface area is 130 Å². The van der Waals surface area contributed by atoms with E-state index in [1.165, 1.54) is 0 Å². The van der Waals surface area contributed by atoms with Crippen molar-refractivity contribution >= 4 is 23.1 Å².